The molecule has 17 heavy (non-hydrogen) atoms. The van der Waals surface area contributed by atoms with E-state index in [-0.39, 0.29) is 5.54 Å². The van der Waals surface area contributed by atoms with Crippen molar-refractivity contribution < 1.29 is 4.74 Å². The lowest BCUT2D eigenvalue weighted by atomic mass is 9.83. The van der Waals surface area contributed by atoms with Crippen LogP contribution >= 0.6 is 0 Å². The van der Waals surface area contributed by atoms with E-state index in [0.29, 0.717) is 12.1 Å². The van der Waals surface area contributed by atoms with Crippen molar-refractivity contribution in [3.05, 3.63) is 0 Å². The van der Waals surface area contributed by atoms with Gasteiger partial charge >= 0.3 is 0 Å². The van der Waals surface area contributed by atoms with Gasteiger partial charge in [0, 0.05) is 24.7 Å². The summed E-state index contributed by atoms with van der Waals surface area (Å²) < 4.78 is 5.79. The molecule has 0 spiro atoms. The largest absolute Gasteiger partial charge is 0.378 e. The summed E-state index contributed by atoms with van der Waals surface area (Å²) in [7, 11) is 2.24. The van der Waals surface area contributed by atoms with Gasteiger partial charge in [-0.25, -0.2) is 0 Å². The molecule has 1 aliphatic heterocycles. The van der Waals surface area contributed by atoms with Crippen LogP contribution in [0.2, 0.25) is 0 Å². The predicted octanol–water partition coefficient (Wildman–Crippen LogP) is 2.39. The van der Waals surface area contributed by atoms with Gasteiger partial charge in [0.25, 0.3) is 0 Å². The Morgan fingerprint density at radius 1 is 1.47 bits per heavy atom. The normalized spacial score (nSPS) is 31.8. The van der Waals surface area contributed by atoms with Crippen molar-refractivity contribution in [2.45, 2.75) is 70.6 Å². The Kier molecular flexibility index (Phi) is 5.90. The van der Waals surface area contributed by atoms with E-state index in [1.54, 1.807) is 0 Å². The Morgan fingerprint density at radius 3 is 2.71 bits per heavy atom. The smallest absolute Gasteiger partial charge is 0.0590 e. The van der Waals surface area contributed by atoms with Crippen LogP contribution in [0.3, 0.4) is 0 Å². The predicted molar refractivity (Wildman–Crippen MR) is 73.2 cm³/mol. The number of hydrogen-bond donors (Lipinski definition) is 1. The molecule has 3 unspecified atom stereocenters. The Morgan fingerprint density at radius 2 is 2.18 bits per heavy atom. The third-order valence-electron chi connectivity index (χ3n) is 4.48. The number of nitrogens with two attached hydrogens (primary N) is 1. The monoisotopic (exact) mass is 242 g/mol. The minimum absolute atomic E-state index is 0.160. The van der Waals surface area contributed by atoms with Crippen LogP contribution in [0.15, 0.2) is 0 Å². The summed E-state index contributed by atoms with van der Waals surface area (Å²) in [5.41, 5.74) is 6.25. The highest BCUT2D eigenvalue weighted by atomic mass is 16.5. The minimum Gasteiger partial charge on any atom is -0.378 e. The Balaban J connectivity index is 2.72. The van der Waals surface area contributed by atoms with Gasteiger partial charge in [-0.1, -0.05) is 20.3 Å². The first-order valence-electron chi connectivity index (χ1n) is 7.14. The first-order valence-corrected chi connectivity index (χ1v) is 7.14. The molecule has 2 N–H and O–H groups in total. The summed E-state index contributed by atoms with van der Waals surface area (Å²) in [5.74, 6) is 0. The van der Waals surface area contributed by atoms with Crippen LogP contribution < -0.4 is 5.73 Å². The van der Waals surface area contributed by atoms with Crippen LogP contribution in [0.5, 0.6) is 0 Å². The van der Waals surface area contributed by atoms with E-state index in [9.17, 15) is 0 Å². The Hall–Kier alpha value is -0.120. The fraction of sp³-hybridized carbons (Fsp3) is 1.00. The highest BCUT2D eigenvalue weighted by Gasteiger charge is 2.40. The fourth-order valence-electron chi connectivity index (χ4n) is 2.99. The molecule has 1 aliphatic rings. The Bertz CT molecular complexity index is 222. The molecule has 0 amide bonds. The quantitative estimate of drug-likeness (QED) is 0.777. The molecule has 0 aromatic carbocycles. The lowest BCUT2D eigenvalue weighted by molar-refractivity contribution is -0.0749. The third-order valence-corrected chi connectivity index (χ3v) is 4.48. The third kappa shape index (κ3) is 3.43. The van der Waals surface area contributed by atoms with Gasteiger partial charge < -0.3 is 10.5 Å². The fourth-order valence-corrected chi connectivity index (χ4v) is 2.99. The van der Waals surface area contributed by atoms with E-state index in [0.717, 1.165) is 32.4 Å². The van der Waals surface area contributed by atoms with Crippen molar-refractivity contribution in [1.29, 1.82) is 0 Å². The van der Waals surface area contributed by atoms with Gasteiger partial charge in [0.1, 0.15) is 0 Å². The molecule has 1 saturated heterocycles. The maximum absolute atomic E-state index is 6.09. The highest BCUT2D eigenvalue weighted by Crippen LogP contribution is 2.32. The van der Waals surface area contributed by atoms with Gasteiger partial charge in [0.2, 0.25) is 0 Å². The SMILES string of the molecule is CCCC(C)N(C)C1(CN)CCOC(CC)C1. The number of ether oxygens (including phenoxy) is 1. The van der Waals surface area contributed by atoms with Gasteiger partial charge in [-0.3, -0.25) is 4.90 Å². The van der Waals surface area contributed by atoms with E-state index in [1.165, 1.54) is 12.8 Å². The van der Waals surface area contributed by atoms with Crippen LogP contribution in [-0.4, -0.2) is 42.8 Å². The average molecular weight is 242 g/mol. The van der Waals surface area contributed by atoms with Gasteiger partial charge in [-0.2, -0.15) is 0 Å². The van der Waals surface area contributed by atoms with Crippen molar-refractivity contribution in [1.82, 2.24) is 4.90 Å². The van der Waals surface area contributed by atoms with E-state index < -0.39 is 0 Å². The lowest BCUT2D eigenvalue weighted by Crippen LogP contribution is -2.59. The Labute approximate surface area is 107 Å². The maximum Gasteiger partial charge on any atom is 0.0590 e. The molecule has 0 radical (unpaired) electrons. The molecule has 1 rings (SSSR count). The van der Waals surface area contributed by atoms with Crippen LogP contribution in [0.4, 0.5) is 0 Å². The molecule has 0 aromatic rings. The maximum atomic E-state index is 6.09. The summed E-state index contributed by atoms with van der Waals surface area (Å²) in [6, 6.07) is 0.610. The molecule has 102 valence electrons. The van der Waals surface area contributed by atoms with Gasteiger partial charge in [-0.15, -0.1) is 0 Å². The van der Waals surface area contributed by atoms with Crippen LogP contribution in [0, 0.1) is 0 Å². The molecule has 1 fully saturated rings. The zero-order chi connectivity index (χ0) is 12.9. The van der Waals surface area contributed by atoms with Gasteiger partial charge in [-0.05, 0) is 39.7 Å². The molecule has 3 nitrogen and oxygen atoms in total. The molecule has 0 aliphatic carbocycles. The first-order chi connectivity index (χ1) is 8.09. The number of hydrogen-bond acceptors (Lipinski definition) is 3. The zero-order valence-corrected chi connectivity index (χ0v) is 12.0. The average Bonchev–Trinajstić information content (AvgIpc) is 2.38. The highest BCUT2D eigenvalue weighted by molar-refractivity contribution is 4.96. The molecule has 0 bridgehead atoms. The topological polar surface area (TPSA) is 38.5 Å². The molecule has 0 saturated carbocycles. The van der Waals surface area contributed by atoms with E-state index >= 15 is 0 Å². The standard InChI is InChI=1S/C14H30N2O/c1-5-7-12(3)16(4)14(11-15)8-9-17-13(6-2)10-14/h12-13H,5-11,15H2,1-4H3. The summed E-state index contributed by atoms with van der Waals surface area (Å²) in [4.78, 5) is 2.52. The second-order valence-corrected chi connectivity index (χ2v) is 5.53. The van der Waals surface area contributed by atoms with Crippen LogP contribution in [0.1, 0.15) is 52.9 Å². The summed E-state index contributed by atoms with van der Waals surface area (Å²) in [6.45, 7) is 8.37. The molecular weight excluding hydrogens is 212 g/mol. The molecule has 1 heterocycles. The number of nitrogens with zero attached hydrogens (tertiary/aromatic N) is 1. The van der Waals surface area contributed by atoms with Crippen molar-refractivity contribution in [3.63, 3.8) is 0 Å². The number of likely N-dealkylation sites (N-methyl/N-ethyl adjacent to an activating group) is 1. The molecule has 0 aromatic heterocycles. The van der Waals surface area contributed by atoms with Crippen molar-refractivity contribution in [3.8, 4) is 0 Å². The van der Waals surface area contributed by atoms with E-state index in [4.69, 9.17) is 10.5 Å². The molecular formula is C14H30N2O. The summed E-state index contributed by atoms with van der Waals surface area (Å²) in [5, 5.41) is 0. The first kappa shape index (κ1) is 14.9. The van der Waals surface area contributed by atoms with E-state index in [2.05, 4.69) is 32.7 Å². The van der Waals surface area contributed by atoms with Crippen molar-refractivity contribution in [2.24, 2.45) is 5.73 Å². The van der Waals surface area contributed by atoms with E-state index in [1.807, 2.05) is 0 Å². The van der Waals surface area contributed by atoms with Gasteiger partial charge in [0.05, 0.1) is 6.10 Å². The second-order valence-electron chi connectivity index (χ2n) is 5.53. The summed E-state index contributed by atoms with van der Waals surface area (Å²) in [6.07, 6.45) is 6.13. The second kappa shape index (κ2) is 6.72. The minimum atomic E-state index is 0.160. The summed E-state index contributed by atoms with van der Waals surface area (Å²) >= 11 is 0. The van der Waals surface area contributed by atoms with Crippen LogP contribution in [-0.2, 0) is 4.74 Å². The van der Waals surface area contributed by atoms with Crippen LogP contribution in [0.25, 0.3) is 0 Å². The molecule has 3 heteroatoms. The van der Waals surface area contributed by atoms with Gasteiger partial charge in [0.15, 0.2) is 0 Å². The van der Waals surface area contributed by atoms with Crippen molar-refractivity contribution >= 4 is 0 Å². The lowest BCUT2D eigenvalue weighted by Gasteiger charge is -2.49. The van der Waals surface area contributed by atoms with Crippen molar-refractivity contribution in [2.75, 3.05) is 20.2 Å². The number of rotatable bonds is 6. The zero-order valence-electron chi connectivity index (χ0n) is 12.0. The molecule has 3 atom stereocenters.